The number of methoxy groups -OCH3 is 1. The van der Waals surface area contributed by atoms with Gasteiger partial charge >= 0.3 is 0 Å². The van der Waals surface area contributed by atoms with Crippen LogP contribution in [0, 0.1) is 18.7 Å². The largest absolute Gasteiger partial charge is 0.497 e. The van der Waals surface area contributed by atoms with E-state index in [2.05, 4.69) is 5.32 Å². The lowest BCUT2D eigenvalue weighted by molar-refractivity contribution is -0.130. The Balaban J connectivity index is 1.88. The van der Waals surface area contributed by atoms with Crippen LogP contribution in [0.5, 0.6) is 5.75 Å². The van der Waals surface area contributed by atoms with E-state index < -0.39 is 29.8 Å². The van der Waals surface area contributed by atoms with Gasteiger partial charge in [-0.05, 0) is 60.4 Å². The number of nitrogens with zero attached hydrogens (tertiary/aromatic N) is 1. The van der Waals surface area contributed by atoms with E-state index in [-0.39, 0.29) is 18.9 Å². The van der Waals surface area contributed by atoms with Gasteiger partial charge in [-0.3, -0.25) is 14.5 Å². The molecule has 7 heteroatoms. The van der Waals surface area contributed by atoms with Crippen LogP contribution in [0.2, 0.25) is 0 Å². The molecule has 0 spiro atoms. The highest BCUT2D eigenvalue weighted by Crippen LogP contribution is 2.39. The number of ether oxygens (including phenoxy) is 1. The molecule has 1 aliphatic heterocycles. The summed E-state index contributed by atoms with van der Waals surface area (Å²) < 4.78 is 18.5. The number of aliphatic hydroxyl groups is 1. The molecule has 2 unspecified atom stereocenters. The Morgan fingerprint density at radius 2 is 2.00 bits per heavy atom. The number of rotatable bonds is 6. The zero-order valence-corrected chi connectivity index (χ0v) is 16.7. The van der Waals surface area contributed by atoms with Gasteiger partial charge in [0.25, 0.3) is 0 Å². The second kappa shape index (κ2) is 8.21. The summed E-state index contributed by atoms with van der Waals surface area (Å²) >= 11 is 0. The van der Waals surface area contributed by atoms with Gasteiger partial charge in [0, 0.05) is 18.7 Å². The van der Waals surface area contributed by atoms with Gasteiger partial charge in [0.2, 0.25) is 11.8 Å². The molecule has 0 bridgehead atoms. The van der Waals surface area contributed by atoms with Gasteiger partial charge in [0.15, 0.2) is 5.54 Å². The molecular weight excluding hydrogens is 375 g/mol. The lowest BCUT2D eigenvalue weighted by Gasteiger charge is -2.38. The highest BCUT2D eigenvalue weighted by molar-refractivity contribution is 6.07. The maximum absolute atomic E-state index is 13.3. The van der Waals surface area contributed by atoms with Crippen LogP contribution in [-0.4, -0.2) is 36.2 Å². The third kappa shape index (κ3) is 3.70. The van der Waals surface area contributed by atoms with Crippen molar-refractivity contribution in [1.29, 1.82) is 0 Å². The molecule has 0 saturated carbocycles. The fraction of sp³-hybridized carbons (Fsp3) is 0.364. The Morgan fingerprint density at radius 3 is 2.59 bits per heavy atom. The van der Waals surface area contributed by atoms with Crippen molar-refractivity contribution in [3.63, 3.8) is 0 Å². The summed E-state index contributed by atoms with van der Waals surface area (Å²) in [6, 6.07) is 10.9. The standard InChI is InChI=1S/C22H25FN2O4/c1-14-10-19(29-3)9-4-16(14)12-24-21(28)22(13-26)15(2)11-20(27)25(22)18-7-5-17(23)6-8-18/h4-10,15,26H,11-13H2,1-3H3,(H,24,28). The molecule has 0 radical (unpaired) electrons. The number of benzene rings is 2. The van der Waals surface area contributed by atoms with E-state index in [9.17, 15) is 19.1 Å². The predicted octanol–water partition coefficient (Wildman–Crippen LogP) is 2.56. The zero-order valence-electron chi connectivity index (χ0n) is 16.7. The summed E-state index contributed by atoms with van der Waals surface area (Å²) in [6.07, 6.45) is 0.118. The first-order valence-electron chi connectivity index (χ1n) is 9.44. The summed E-state index contributed by atoms with van der Waals surface area (Å²) in [4.78, 5) is 27.2. The van der Waals surface area contributed by atoms with Crippen molar-refractivity contribution in [1.82, 2.24) is 5.32 Å². The first-order chi connectivity index (χ1) is 13.8. The van der Waals surface area contributed by atoms with Crippen molar-refractivity contribution in [2.24, 2.45) is 5.92 Å². The van der Waals surface area contributed by atoms with Gasteiger partial charge in [0.1, 0.15) is 11.6 Å². The Bertz CT molecular complexity index is 916. The first kappa shape index (κ1) is 20.8. The molecule has 2 aromatic rings. The summed E-state index contributed by atoms with van der Waals surface area (Å²) in [5, 5.41) is 13.1. The number of aliphatic hydroxyl groups excluding tert-OH is 1. The second-order valence-electron chi connectivity index (χ2n) is 7.37. The smallest absolute Gasteiger partial charge is 0.249 e. The van der Waals surface area contributed by atoms with Crippen LogP contribution in [-0.2, 0) is 16.1 Å². The van der Waals surface area contributed by atoms with Crippen molar-refractivity contribution >= 4 is 17.5 Å². The van der Waals surface area contributed by atoms with Crippen LogP contribution in [0.3, 0.4) is 0 Å². The Labute approximate surface area is 169 Å². The first-order valence-corrected chi connectivity index (χ1v) is 9.44. The molecule has 1 saturated heterocycles. The van der Waals surface area contributed by atoms with E-state index in [4.69, 9.17) is 4.74 Å². The molecular formula is C22H25FN2O4. The number of amides is 2. The number of anilines is 1. The minimum absolute atomic E-state index is 0.118. The van der Waals surface area contributed by atoms with E-state index in [0.29, 0.717) is 5.69 Å². The monoisotopic (exact) mass is 400 g/mol. The average Bonchev–Trinajstić information content (AvgIpc) is 2.97. The molecule has 2 N–H and O–H groups in total. The minimum atomic E-state index is -1.45. The number of nitrogens with one attached hydrogen (secondary N) is 1. The fourth-order valence-corrected chi connectivity index (χ4v) is 3.88. The fourth-order valence-electron chi connectivity index (χ4n) is 3.88. The third-order valence-corrected chi connectivity index (χ3v) is 5.65. The average molecular weight is 400 g/mol. The number of carbonyl (C=O) groups excluding carboxylic acids is 2. The number of aryl methyl sites for hydroxylation is 1. The van der Waals surface area contributed by atoms with Crippen molar-refractivity contribution in [3.05, 3.63) is 59.4 Å². The van der Waals surface area contributed by atoms with E-state index in [1.807, 2.05) is 25.1 Å². The van der Waals surface area contributed by atoms with Crippen LogP contribution < -0.4 is 15.0 Å². The molecule has 2 amide bonds. The van der Waals surface area contributed by atoms with Gasteiger partial charge in [-0.25, -0.2) is 4.39 Å². The summed E-state index contributed by atoms with van der Waals surface area (Å²) in [7, 11) is 1.59. The number of halogens is 1. The Morgan fingerprint density at radius 1 is 1.31 bits per heavy atom. The third-order valence-electron chi connectivity index (χ3n) is 5.65. The maximum atomic E-state index is 13.3. The maximum Gasteiger partial charge on any atom is 0.249 e. The van der Waals surface area contributed by atoms with Gasteiger partial charge < -0.3 is 15.2 Å². The molecule has 6 nitrogen and oxygen atoms in total. The van der Waals surface area contributed by atoms with Crippen LogP contribution >= 0.6 is 0 Å². The molecule has 1 fully saturated rings. The van der Waals surface area contributed by atoms with Gasteiger partial charge in [-0.15, -0.1) is 0 Å². The summed E-state index contributed by atoms with van der Waals surface area (Å²) in [5.41, 5.74) is 0.784. The van der Waals surface area contributed by atoms with Crippen molar-refractivity contribution in [2.45, 2.75) is 32.4 Å². The minimum Gasteiger partial charge on any atom is -0.497 e. The van der Waals surface area contributed by atoms with Crippen LogP contribution in [0.15, 0.2) is 42.5 Å². The normalized spacial score (nSPS) is 21.3. The number of hydrogen-bond donors (Lipinski definition) is 2. The van der Waals surface area contributed by atoms with Crippen molar-refractivity contribution < 1.29 is 23.8 Å². The second-order valence-corrected chi connectivity index (χ2v) is 7.37. The molecule has 0 aliphatic carbocycles. The quantitative estimate of drug-likeness (QED) is 0.781. The SMILES string of the molecule is COc1ccc(CNC(=O)C2(CO)C(C)CC(=O)N2c2ccc(F)cc2)c(C)c1. The highest BCUT2D eigenvalue weighted by Gasteiger charge is 2.56. The highest BCUT2D eigenvalue weighted by atomic mass is 19.1. The zero-order chi connectivity index (χ0) is 21.2. The van der Waals surface area contributed by atoms with E-state index in [1.54, 1.807) is 14.0 Å². The van der Waals surface area contributed by atoms with Crippen LogP contribution in [0.1, 0.15) is 24.5 Å². The van der Waals surface area contributed by atoms with Gasteiger partial charge in [-0.1, -0.05) is 13.0 Å². The summed E-state index contributed by atoms with van der Waals surface area (Å²) in [6.45, 7) is 3.38. The molecule has 1 aliphatic rings. The number of hydrogen-bond acceptors (Lipinski definition) is 4. The Hall–Kier alpha value is -2.93. The van der Waals surface area contributed by atoms with E-state index in [1.165, 1.54) is 29.2 Å². The topological polar surface area (TPSA) is 78.9 Å². The van der Waals surface area contributed by atoms with Gasteiger partial charge in [0.05, 0.1) is 13.7 Å². The van der Waals surface area contributed by atoms with Crippen molar-refractivity contribution in [3.8, 4) is 5.75 Å². The lowest BCUT2D eigenvalue weighted by atomic mass is 9.85. The van der Waals surface area contributed by atoms with Crippen molar-refractivity contribution in [2.75, 3.05) is 18.6 Å². The lowest BCUT2D eigenvalue weighted by Crippen LogP contribution is -2.62. The van der Waals surface area contributed by atoms with E-state index in [0.717, 1.165) is 16.9 Å². The molecule has 29 heavy (non-hydrogen) atoms. The van der Waals surface area contributed by atoms with E-state index >= 15 is 0 Å². The van der Waals surface area contributed by atoms with Crippen LogP contribution in [0.25, 0.3) is 0 Å². The summed E-state index contributed by atoms with van der Waals surface area (Å²) in [5.74, 6) is -0.863. The number of carbonyl (C=O) groups is 2. The predicted molar refractivity (Wildman–Crippen MR) is 107 cm³/mol. The molecule has 3 rings (SSSR count). The van der Waals surface area contributed by atoms with Gasteiger partial charge in [-0.2, -0.15) is 0 Å². The molecule has 154 valence electrons. The Kier molecular flexibility index (Phi) is 5.88. The van der Waals surface area contributed by atoms with Crippen LogP contribution in [0.4, 0.5) is 10.1 Å². The molecule has 2 atom stereocenters. The molecule has 1 heterocycles. The molecule has 0 aromatic heterocycles. The molecule has 2 aromatic carbocycles.